The van der Waals surface area contributed by atoms with E-state index in [-0.39, 0.29) is 5.91 Å². The first-order valence-corrected chi connectivity index (χ1v) is 13.5. The molecule has 192 valence electrons. The first kappa shape index (κ1) is 25.2. The van der Waals surface area contributed by atoms with Gasteiger partial charge >= 0.3 is 0 Å². The van der Waals surface area contributed by atoms with Crippen LogP contribution in [0.2, 0.25) is 0 Å². The van der Waals surface area contributed by atoms with Crippen molar-refractivity contribution in [3.8, 4) is 17.2 Å². The summed E-state index contributed by atoms with van der Waals surface area (Å²) in [5.41, 5.74) is 1.36. The first-order chi connectivity index (χ1) is 18.2. The van der Waals surface area contributed by atoms with Crippen molar-refractivity contribution in [2.75, 3.05) is 50.9 Å². The Kier molecular flexibility index (Phi) is 8.30. The van der Waals surface area contributed by atoms with Crippen molar-refractivity contribution in [1.82, 2.24) is 9.88 Å². The number of aromatic nitrogens is 1. The van der Waals surface area contributed by atoms with Crippen LogP contribution < -0.4 is 14.4 Å². The summed E-state index contributed by atoms with van der Waals surface area (Å²) in [4.78, 5) is 23.0. The van der Waals surface area contributed by atoms with Crippen molar-refractivity contribution in [2.24, 2.45) is 0 Å². The van der Waals surface area contributed by atoms with Crippen molar-refractivity contribution in [3.05, 3.63) is 78.4 Å². The topological polar surface area (TPSA) is 64.1 Å². The number of rotatable bonds is 10. The zero-order valence-corrected chi connectivity index (χ0v) is 21.8. The van der Waals surface area contributed by atoms with Crippen molar-refractivity contribution >= 4 is 32.6 Å². The third-order valence-electron chi connectivity index (χ3n) is 6.18. The zero-order valence-electron chi connectivity index (χ0n) is 21.0. The van der Waals surface area contributed by atoms with Gasteiger partial charge in [-0.2, -0.15) is 0 Å². The Morgan fingerprint density at radius 3 is 2.62 bits per heavy atom. The molecule has 0 saturated carbocycles. The average molecular weight is 518 g/mol. The van der Waals surface area contributed by atoms with Gasteiger partial charge in [0, 0.05) is 26.2 Å². The lowest BCUT2D eigenvalue weighted by Gasteiger charge is -2.28. The monoisotopic (exact) mass is 517 g/mol. The van der Waals surface area contributed by atoms with Crippen LogP contribution >= 0.6 is 11.3 Å². The Morgan fingerprint density at radius 2 is 1.81 bits per heavy atom. The van der Waals surface area contributed by atoms with Crippen LogP contribution in [0.15, 0.2) is 72.8 Å². The highest BCUT2D eigenvalue weighted by atomic mass is 32.1. The van der Waals surface area contributed by atoms with Crippen LogP contribution in [0.3, 0.4) is 0 Å². The molecule has 1 aliphatic rings. The molecule has 8 heteroatoms. The zero-order chi connectivity index (χ0) is 25.5. The van der Waals surface area contributed by atoms with Crippen molar-refractivity contribution in [1.29, 1.82) is 0 Å². The van der Waals surface area contributed by atoms with Gasteiger partial charge in [-0.3, -0.25) is 14.6 Å². The second-order valence-corrected chi connectivity index (χ2v) is 9.74. The van der Waals surface area contributed by atoms with Crippen LogP contribution in [0.25, 0.3) is 10.2 Å². The van der Waals surface area contributed by atoms with E-state index < -0.39 is 0 Å². The number of carbonyl (C=O) groups is 1. The number of hydrogen-bond acceptors (Lipinski definition) is 7. The second kappa shape index (κ2) is 12.2. The summed E-state index contributed by atoms with van der Waals surface area (Å²) in [6, 6.07) is 22.8. The average Bonchev–Trinajstić information content (AvgIpc) is 3.35. The molecule has 2 heterocycles. The number of ether oxygens (including phenoxy) is 3. The van der Waals surface area contributed by atoms with E-state index in [4.69, 9.17) is 19.2 Å². The summed E-state index contributed by atoms with van der Waals surface area (Å²) in [6.07, 6.45) is 0.827. The largest absolute Gasteiger partial charge is 0.494 e. The van der Waals surface area contributed by atoms with Gasteiger partial charge in [-0.15, -0.1) is 0 Å². The minimum absolute atomic E-state index is 0.127. The van der Waals surface area contributed by atoms with E-state index in [1.807, 2.05) is 79.7 Å². The highest BCUT2D eigenvalue weighted by Gasteiger charge is 2.25. The van der Waals surface area contributed by atoms with E-state index in [0.717, 1.165) is 55.2 Å². The minimum Gasteiger partial charge on any atom is -0.494 e. The molecule has 0 aliphatic carbocycles. The molecule has 1 saturated heterocycles. The van der Waals surface area contributed by atoms with E-state index in [0.29, 0.717) is 35.3 Å². The number of para-hydroxylation sites is 2. The second-order valence-electron chi connectivity index (χ2n) is 8.73. The number of carbonyl (C=O) groups excluding carboxylic acids is 1. The molecule has 1 amide bonds. The predicted octanol–water partition coefficient (Wildman–Crippen LogP) is 5.86. The molecular weight excluding hydrogens is 486 g/mol. The van der Waals surface area contributed by atoms with Crippen molar-refractivity contribution in [3.63, 3.8) is 0 Å². The Bertz CT molecular complexity index is 1320. The summed E-state index contributed by atoms with van der Waals surface area (Å²) in [5.74, 6) is 1.89. The highest BCUT2D eigenvalue weighted by Crippen LogP contribution is 2.34. The number of amides is 1. The van der Waals surface area contributed by atoms with Crippen LogP contribution in [0.1, 0.15) is 23.7 Å². The molecule has 5 rings (SSSR count). The van der Waals surface area contributed by atoms with Gasteiger partial charge in [-0.25, -0.2) is 4.98 Å². The van der Waals surface area contributed by atoms with Gasteiger partial charge in [-0.05, 0) is 55.8 Å². The molecule has 7 nitrogen and oxygen atoms in total. The molecule has 0 bridgehead atoms. The van der Waals surface area contributed by atoms with Gasteiger partial charge < -0.3 is 14.2 Å². The summed E-state index contributed by atoms with van der Waals surface area (Å²) >= 11 is 1.50. The lowest BCUT2D eigenvalue weighted by atomic mass is 10.1. The fraction of sp³-hybridized carbons (Fsp3) is 0.310. The number of nitrogens with zero attached hydrogens (tertiary/aromatic N) is 3. The van der Waals surface area contributed by atoms with E-state index >= 15 is 0 Å². The summed E-state index contributed by atoms with van der Waals surface area (Å²) < 4.78 is 18.2. The maximum Gasteiger partial charge on any atom is 0.263 e. The predicted molar refractivity (Wildman–Crippen MR) is 147 cm³/mol. The molecule has 37 heavy (non-hydrogen) atoms. The number of benzene rings is 3. The molecule has 4 aromatic rings. The number of thiazole rings is 1. The molecule has 1 aliphatic heterocycles. The third-order valence-corrected chi connectivity index (χ3v) is 7.23. The Balaban J connectivity index is 1.43. The van der Waals surface area contributed by atoms with E-state index in [1.54, 1.807) is 4.90 Å². The van der Waals surface area contributed by atoms with E-state index in [2.05, 4.69) is 4.90 Å². The molecule has 1 aromatic heterocycles. The minimum atomic E-state index is -0.127. The van der Waals surface area contributed by atoms with Crippen molar-refractivity contribution in [2.45, 2.75) is 13.3 Å². The van der Waals surface area contributed by atoms with Crippen LogP contribution in [0.4, 0.5) is 5.13 Å². The fourth-order valence-corrected chi connectivity index (χ4v) is 5.34. The van der Waals surface area contributed by atoms with Gasteiger partial charge in [0.25, 0.3) is 5.91 Å². The Labute approximate surface area is 221 Å². The molecular formula is C29H31N3O4S. The lowest BCUT2D eigenvalue weighted by molar-refractivity contribution is 0.0376. The SMILES string of the molecule is CCOc1ccc2nc(N(CCCN3CCOCC3)C(=O)c3ccccc3Oc3ccccc3)sc2c1. The normalized spacial score (nSPS) is 14.0. The van der Waals surface area contributed by atoms with E-state index in [1.165, 1.54) is 11.3 Å². The molecule has 0 spiro atoms. The van der Waals surface area contributed by atoms with Gasteiger partial charge in [0.1, 0.15) is 17.2 Å². The summed E-state index contributed by atoms with van der Waals surface area (Å²) in [5, 5.41) is 0.671. The number of anilines is 1. The smallest absolute Gasteiger partial charge is 0.263 e. The molecule has 0 unspecified atom stereocenters. The van der Waals surface area contributed by atoms with Crippen LogP contribution in [-0.4, -0.2) is 61.8 Å². The fourth-order valence-electron chi connectivity index (χ4n) is 4.32. The Hall–Kier alpha value is -3.46. The van der Waals surface area contributed by atoms with E-state index in [9.17, 15) is 4.79 Å². The number of fused-ring (bicyclic) bond motifs is 1. The molecule has 0 radical (unpaired) electrons. The van der Waals surface area contributed by atoms with Gasteiger partial charge in [-0.1, -0.05) is 41.7 Å². The van der Waals surface area contributed by atoms with Gasteiger partial charge in [0.15, 0.2) is 5.13 Å². The first-order valence-electron chi connectivity index (χ1n) is 12.7. The van der Waals surface area contributed by atoms with Crippen LogP contribution in [0, 0.1) is 0 Å². The standard InChI is InChI=1S/C29H31N3O4S/c1-2-35-23-13-14-25-27(21-23)37-29(30-25)32(16-8-15-31-17-19-34-20-18-31)28(33)24-11-6-7-12-26(24)36-22-9-4-3-5-10-22/h3-7,9-14,21H,2,8,15-20H2,1H3. The highest BCUT2D eigenvalue weighted by molar-refractivity contribution is 7.22. The summed E-state index contributed by atoms with van der Waals surface area (Å²) in [6.45, 7) is 7.36. The summed E-state index contributed by atoms with van der Waals surface area (Å²) in [7, 11) is 0. The van der Waals surface area contributed by atoms with Crippen LogP contribution in [-0.2, 0) is 4.74 Å². The molecule has 3 aromatic carbocycles. The Morgan fingerprint density at radius 1 is 1.03 bits per heavy atom. The number of hydrogen-bond donors (Lipinski definition) is 0. The molecule has 0 N–H and O–H groups in total. The van der Waals surface area contributed by atoms with Crippen molar-refractivity contribution < 1.29 is 19.0 Å². The van der Waals surface area contributed by atoms with Crippen LogP contribution in [0.5, 0.6) is 17.2 Å². The maximum absolute atomic E-state index is 14.0. The third kappa shape index (κ3) is 6.28. The maximum atomic E-state index is 14.0. The number of morpholine rings is 1. The van der Waals surface area contributed by atoms with Gasteiger partial charge in [0.2, 0.25) is 0 Å². The quantitative estimate of drug-likeness (QED) is 0.263. The molecule has 0 atom stereocenters. The van der Waals surface area contributed by atoms with Gasteiger partial charge in [0.05, 0.1) is 35.6 Å². The molecule has 1 fully saturated rings. The lowest BCUT2D eigenvalue weighted by Crippen LogP contribution is -2.39.